The Labute approximate surface area is 93.5 Å². The van der Waals surface area contributed by atoms with E-state index in [9.17, 15) is 13.2 Å². The molecule has 1 aromatic rings. The van der Waals surface area contributed by atoms with E-state index in [-0.39, 0.29) is 11.3 Å². The first-order valence-corrected chi connectivity index (χ1v) is 5.84. The Morgan fingerprint density at radius 2 is 1.81 bits per heavy atom. The van der Waals surface area contributed by atoms with Gasteiger partial charge in [-0.15, -0.1) is 0 Å². The molecule has 0 aliphatic carbocycles. The minimum atomic E-state index is -3.68. The summed E-state index contributed by atoms with van der Waals surface area (Å²) in [5, 5.41) is 4.92. The first kappa shape index (κ1) is 12.2. The van der Waals surface area contributed by atoms with Crippen LogP contribution in [0.5, 0.6) is 0 Å². The summed E-state index contributed by atoms with van der Waals surface area (Å²) in [6.07, 6.45) is -0.0308. The molecule has 0 aliphatic rings. The Bertz CT molecular complexity index is 550. The van der Waals surface area contributed by atoms with Gasteiger partial charge >= 0.3 is 0 Å². The van der Waals surface area contributed by atoms with Gasteiger partial charge in [0, 0.05) is 5.56 Å². The zero-order valence-electron chi connectivity index (χ0n) is 8.30. The smallest absolute Gasteiger partial charge is 0.238 e. The number of amides is 1. The molecule has 1 amide bonds. The first-order chi connectivity index (χ1) is 7.39. The van der Waals surface area contributed by atoms with Gasteiger partial charge in [-0.1, -0.05) is 11.8 Å². The quantitative estimate of drug-likeness (QED) is 0.682. The predicted molar refractivity (Wildman–Crippen MR) is 58.5 cm³/mol. The molecule has 0 fully saturated rings. The lowest BCUT2D eigenvalue weighted by atomic mass is 10.2. The van der Waals surface area contributed by atoms with Crippen LogP contribution >= 0.6 is 0 Å². The number of benzene rings is 1. The zero-order valence-corrected chi connectivity index (χ0v) is 9.12. The van der Waals surface area contributed by atoms with Crippen molar-refractivity contribution in [3.8, 4) is 11.8 Å². The van der Waals surface area contributed by atoms with Crippen molar-refractivity contribution in [2.24, 2.45) is 10.9 Å². The Hall–Kier alpha value is -1.84. The van der Waals surface area contributed by atoms with E-state index in [1.165, 1.54) is 24.3 Å². The maximum atomic E-state index is 10.9. The number of nitrogens with two attached hydrogens (primary N) is 2. The van der Waals surface area contributed by atoms with Crippen LogP contribution in [0.25, 0.3) is 0 Å². The van der Waals surface area contributed by atoms with E-state index in [0.29, 0.717) is 5.56 Å². The minimum absolute atomic E-state index is 0.0213. The Kier molecular flexibility index (Phi) is 3.66. The number of rotatable bonds is 2. The normalized spacial score (nSPS) is 10.3. The summed E-state index contributed by atoms with van der Waals surface area (Å²) in [5.74, 6) is 4.72. The monoisotopic (exact) mass is 238 g/mol. The summed E-state index contributed by atoms with van der Waals surface area (Å²) >= 11 is 0. The molecule has 0 spiro atoms. The van der Waals surface area contributed by atoms with Gasteiger partial charge < -0.3 is 5.73 Å². The molecule has 0 saturated heterocycles. The first-order valence-electron chi connectivity index (χ1n) is 4.29. The van der Waals surface area contributed by atoms with E-state index in [1.54, 1.807) is 0 Å². The largest absolute Gasteiger partial charge is 0.369 e. The van der Waals surface area contributed by atoms with E-state index in [2.05, 4.69) is 11.8 Å². The summed E-state index contributed by atoms with van der Waals surface area (Å²) in [6.45, 7) is 0. The molecule has 5 nitrogen and oxygen atoms in total. The van der Waals surface area contributed by atoms with Crippen molar-refractivity contribution >= 4 is 15.9 Å². The predicted octanol–water partition coefficient (Wildman–Crippen LogP) is -0.439. The lowest BCUT2D eigenvalue weighted by Crippen LogP contribution is -2.11. The highest BCUT2D eigenvalue weighted by molar-refractivity contribution is 7.89. The summed E-state index contributed by atoms with van der Waals surface area (Å²) in [5.41, 5.74) is 5.49. The molecule has 0 unspecified atom stereocenters. The maximum Gasteiger partial charge on any atom is 0.238 e. The molecule has 0 bridgehead atoms. The third kappa shape index (κ3) is 3.73. The number of carbonyl (C=O) groups is 1. The average Bonchev–Trinajstić information content (AvgIpc) is 2.16. The average molecular weight is 238 g/mol. The summed E-state index contributed by atoms with van der Waals surface area (Å²) in [6, 6.07) is 5.72. The topological polar surface area (TPSA) is 103 Å². The van der Waals surface area contributed by atoms with Crippen LogP contribution in [0.3, 0.4) is 0 Å². The Morgan fingerprint density at radius 3 is 2.25 bits per heavy atom. The molecule has 0 atom stereocenters. The van der Waals surface area contributed by atoms with Gasteiger partial charge in [-0.25, -0.2) is 13.6 Å². The highest BCUT2D eigenvalue weighted by Crippen LogP contribution is 2.07. The van der Waals surface area contributed by atoms with Crippen LogP contribution in [-0.4, -0.2) is 14.3 Å². The van der Waals surface area contributed by atoms with Crippen molar-refractivity contribution in [1.82, 2.24) is 0 Å². The molecule has 6 heteroatoms. The second-order valence-electron chi connectivity index (χ2n) is 3.01. The van der Waals surface area contributed by atoms with Crippen LogP contribution < -0.4 is 10.9 Å². The zero-order chi connectivity index (χ0) is 12.2. The molecule has 0 aliphatic heterocycles. The fourth-order valence-electron chi connectivity index (χ4n) is 0.961. The van der Waals surface area contributed by atoms with Gasteiger partial charge in [0.05, 0.1) is 11.3 Å². The van der Waals surface area contributed by atoms with Gasteiger partial charge in [-0.2, -0.15) is 0 Å². The van der Waals surface area contributed by atoms with Crippen molar-refractivity contribution in [2.75, 3.05) is 0 Å². The third-order valence-corrected chi connectivity index (χ3v) is 2.61. The number of sulfonamides is 1. The molecule has 1 rings (SSSR count). The number of primary amides is 1. The van der Waals surface area contributed by atoms with Crippen LogP contribution in [0, 0.1) is 11.8 Å². The third-order valence-electron chi connectivity index (χ3n) is 1.68. The molecule has 16 heavy (non-hydrogen) atoms. The second-order valence-corrected chi connectivity index (χ2v) is 4.58. The van der Waals surface area contributed by atoms with E-state index < -0.39 is 15.9 Å². The molecule has 0 radical (unpaired) electrons. The molecule has 0 saturated carbocycles. The van der Waals surface area contributed by atoms with Gasteiger partial charge in [-0.05, 0) is 24.3 Å². The van der Waals surface area contributed by atoms with E-state index in [1.807, 2.05) is 0 Å². The van der Waals surface area contributed by atoms with Crippen LogP contribution in [0.2, 0.25) is 0 Å². The van der Waals surface area contributed by atoms with Gasteiger partial charge in [0.15, 0.2) is 0 Å². The van der Waals surface area contributed by atoms with Crippen molar-refractivity contribution < 1.29 is 13.2 Å². The Morgan fingerprint density at radius 1 is 1.25 bits per heavy atom. The van der Waals surface area contributed by atoms with Gasteiger partial charge in [-0.3, -0.25) is 4.79 Å². The lowest BCUT2D eigenvalue weighted by Gasteiger charge is -1.96. The van der Waals surface area contributed by atoms with Crippen molar-refractivity contribution in [1.29, 1.82) is 0 Å². The van der Waals surface area contributed by atoms with E-state index >= 15 is 0 Å². The molecule has 0 heterocycles. The number of hydrogen-bond donors (Lipinski definition) is 2. The summed E-state index contributed by atoms with van der Waals surface area (Å²) < 4.78 is 21.9. The van der Waals surface area contributed by atoms with E-state index in [4.69, 9.17) is 10.9 Å². The van der Waals surface area contributed by atoms with Crippen LogP contribution in [0.15, 0.2) is 29.2 Å². The van der Waals surface area contributed by atoms with Gasteiger partial charge in [0.25, 0.3) is 0 Å². The second kappa shape index (κ2) is 4.79. The summed E-state index contributed by atoms with van der Waals surface area (Å²) in [4.78, 5) is 10.4. The summed E-state index contributed by atoms with van der Waals surface area (Å²) in [7, 11) is -3.68. The van der Waals surface area contributed by atoms with Gasteiger partial charge in [0.2, 0.25) is 15.9 Å². The number of carbonyl (C=O) groups excluding carboxylic acids is 1. The fraction of sp³-hybridized carbons (Fsp3) is 0.100. The number of hydrogen-bond acceptors (Lipinski definition) is 3. The Balaban J connectivity index is 2.87. The van der Waals surface area contributed by atoms with Crippen LogP contribution in [0.4, 0.5) is 0 Å². The maximum absolute atomic E-state index is 10.9. The van der Waals surface area contributed by atoms with Crippen molar-refractivity contribution in [3.05, 3.63) is 29.8 Å². The molecule has 4 N–H and O–H groups in total. The number of primary sulfonamides is 1. The molecule has 84 valence electrons. The SMILES string of the molecule is NC(=O)CC#Cc1ccc(S(N)(=O)=O)cc1. The standard InChI is InChI=1S/C10H10N2O3S/c11-10(13)3-1-2-8-4-6-9(7-5-8)16(12,14)15/h4-7H,3H2,(H2,11,13)(H2,12,14,15). The van der Waals surface area contributed by atoms with Crippen LogP contribution in [0.1, 0.15) is 12.0 Å². The minimum Gasteiger partial charge on any atom is -0.369 e. The van der Waals surface area contributed by atoms with Crippen molar-refractivity contribution in [3.63, 3.8) is 0 Å². The van der Waals surface area contributed by atoms with Crippen LogP contribution in [-0.2, 0) is 14.8 Å². The molecular formula is C10H10N2O3S. The molecule has 1 aromatic carbocycles. The van der Waals surface area contributed by atoms with Crippen molar-refractivity contribution in [2.45, 2.75) is 11.3 Å². The van der Waals surface area contributed by atoms with E-state index in [0.717, 1.165) is 0 Å². The highest BCUT2D eigenvalue weighted by Gasteiger charge is 2.05. The van der Waals surface area contributed by atoms with Gasteiger partial charge in [0.1, 0.15) is 0 Å². The molecule has 0 aromatic heterocycles. The lowest BCUT2D eigenvalue weighted by molar-refractivity contribution is -0.117. The fourth-order valence-corrected chi connectivity index (χ4v) is 1.48. The molecular weight excluding hydrogens is 228 g/mol. The highest BCUT2D eigenvalue weighted by atomic mass is 32.2.